The Morgan fingerprint density at radius 2 is 2.07 bits per heavy atom. The van der Waals surface area contributed by atoms with Crippen LogP contribution < -0.4 is 5.32 Å². The summed E-state index contributed by atoms with van der Waals surface area (Å²) in [6, 6.07) is 15.8. The highest BCUT2D eigenvalue weighted by molar-refractivity contribution is 7.80. The van der Waals surface area contributed by atoms with E-state index >= 15 is 0 Å². The molecule has 4 rings (SSSR count). The highest BCUT2D eigenvalue weighted by Gasteiger charge is 2.40. The maximum atomic E-state index is 6.28. The van der Waals surface area contributed by atoms with Gasteiger partial charge in [0.05, 0.1) is 11.7 Å². The van der Waals surface area contributed by atoms with E-state index in [2.05, 4.69) is 22.1 Å². The van der Waals surface area contributed by atoms with Crippen LogP contribution in [-0.4, -0.2) is 21.5 Å². The van der Waals surface area contributed by atoms with Gasteiger partial charge in [-0.2, -0.15) is 0 Å². The monoisotopic (exact) mass is 397 g/mol. The maximum absolute atomic E-state index is 6.28. The van der Waals surface area contributed by atoms with E-state index in [9.17, 15) is 0 Å². The number of hydrogen-bond acceptors (Lipinski definition) is 3. The van der Waals surface area contributed by atoms with E-state index in [4.69, 9.17) is 28.2 Å². The molecule has 1 fully saturated rings. The number of halogens is 1. The summed E-state index contributed by atoms with van der Waals surface area (Å²) in [5.41, 5.74) is 2.95. The Kier molecular flexibility index (Phi) is 4.89. The van der Waals surface area contributed by atoms with Crippen LogP contribution in [0, 0.1) is 6.92 Å². The average molecular weight is 398 g/mol. The minimum Gasteiger partial charge on any atom is -0.459 e. The van der Waals surface area contributed by atoms with E-state index < -0.39 is 0 Å². The molecule has 1 aliphatic rings. The zero-order chi connectivity index (χ0) is 19.0. The largest absolute Gasteiger partial charge is 0.459 e. The molecule has 27 heavy (non-hydrogen) atoms. The number of aryl methyl sites for hydroxylation is 1. The Labute approximate surface area is 169 Å². The fourth-order valence-electron chi connectivity index (χ4n) is 3.47. The molecule has 2 aromatic heterocycles. The minimum atomic E-state index is -0.0562. The molecule has 2 atom stereocenters. The van der Waals surface area contributed by atoms with Crippen molar-refractivity contribution in [2.75, 3.05) is 6.54 Å². The highest BCUT2D eigenvalue weighted by atomic mass is 35.5. The van der Waals surface area contributed by atoms with Gasteiger partial charge in [0.25, 0.3) is 0 Å². The fraction of sp³-hybridized carbons (Fsp3) is 0.238. The molecule has 138 valence electrons. The molecule has 1 aromatic carbocycles. The van der Waals surface area contributed by atoms with Crippen molar-refractivity contribution in [3.05, 3.63) is 76.8 Å². The fourth-order valence-corrected chi connectivity index (χ4v) is 4.02. The first-order chi connectivity index (χ1) is 13.1. The van der Waals surface area contributed by atoms with Crippen LogP contribution in [0.1, 0.15) is 36.0 Å². The number of aromatic nitrogens is 1. The second-order valence-corrected chi connectivity index (χ2v) is 7.37. The molecule has 0 unspecified atom stereocenters. The van der Waals surface area contributed by atoms with Gasteiger partial charge in [0.15, 0.2) is 5.11 Å². The normalized spacial score (nSPS) is 19.4. The van der Waals surface area contributed by atoms with Crippen LogP contribution in [0.2, 0.25) is 5.02 Å². The van der Waals surface area contributed by atoms with Gasteiger partial charge in [0, 0.05) is 23.3 Å². The van der Waals surface area contributed by atoms with Crippen LogP contribution in [0.3, 0.4) is 0 Å². The van der Waals surface area contributed by atoms with Crippen molar-refractivity contribution in [2.24, 2.45) is 0 Å². The number of nitrogens with zero attached hydrogens (tertiary/aromatic N) is 2. The third-order valence-corrected chi connectivity index (χ3v) is 5.67. The molecule has 0 aliphatic carbocycles. The first kappa shape index (κ1) is 18.0. The summed E-state index contributed by atoms with van der Waals surface area (Å²) in [6.45, 7) is 4.86. The number of hydrogen-bond donors (Lipinski definition) is 1. The number of likely N-dealkylation sites (N-methyl/N-ethyl adjacent to an activating group) is 1. The summed E-state index contributed by atoms with van der Waals surface area (Å²) >= 11 is 11.8. The molecular weight excluding hydrogens is 378 g/mol. The molecule has 3 aromatic rings. The molecule has 1 saturated heterocycles. The zero-order valence-electron chi connectivity index (χ0n) is 15.1. The van der Waals surface area contributed by atoms with Crippen LogP contribution in [0.4, 0.5) is 0 Å². The van der Waals surface area contributed by atoms with E-state index in [1.165, 1.54) is 0 Å². The number of pyridine rings is 1. The molecule has 0 spiro atoms. The van der Waals surface area contributed by atoms with Crippen molar-refractivity contribution in [1.82, 2.24) is 15.2 Å². The Balaban J connectivity index is 1.72. The number of rotatable bonds is 4. The lowest BCUT2D eigenvalue weighted by molar-refractivity contribution is 0.284. The van der Waals surface area contributed by atoms with Crippen LogP contribution in [-0.2, 0) is 0 Å². The molecule has 6 heteroatoms. The van der Waals surface area contributed by atoms with Crippen molar-refractivity contribution >= 4 is 28.9 Å². The summed E-state index contributed by atoms with van der Waals surface area (Å²) < 4.78 is 6.25. The van der Waals surface area contributed by atoms with Crippen LogP contribution in [0.15, 0.2) is 59.1 Å². The van der Waals surface area contributed by atoms with Gasteiger partial charge in [-0.3, -0.25) is 4.98 Å². The number of nitrogens with one attached hydrogen (secondary N) is 1. The van der Waals surface area contributed by atoms with E-state index in [1.807, 2.05) is 55.5 Å². The van der Waals surface area contributed by atoms with Crippen molar-refractivity contribution in [3.8, 4) is 11.3 Å². The van der Waals surface area contributed by atoms with Gasteiger partial charge in [-0.05, 0) is 62.0 Å². The highest BCUT2D eigenvalue weighted by Crippen LogP contribution is 2.40. The standard InChI is InChI=1S/C21H20ClN3OS/c1-3-25-20(19(24-21(25)27)16-6-4-5-11-23-16)18-10-9-17(26-18)14-8-7-13(2)15(22)12-14/h4-12,19-20H,3H2,1-2H3,(H,24,27)/t19-,20-/m0/s1. The molecule has 0 amide bonds. The van der Waals surface area contributed by atoms with Gasteiger partial charge in [-0.25, -0.2) is 0 Å². The maximum Gasteiger partial charge on any atom is 0.170 e. The smallest absolute Gasteiger partial charge is 0.170 e. The predicted octanol–water partition coefficient (Wildman–Crippen LogP) is 5.30. The molecule has 1 aliphatic heterocycles. The molecule has 1 N–H and O–H groups in total. The molecule has 3 heterocycles. The topological polar surface area (TPSA) is 41.3 Å². The summed E-state index contributed by atoms with van der Waals surface area (Å²) in [5, 5.41) is 4.85. The number of thiocarbonyl (C=S) groups is 1. The Morgan fingerprint density at radius 3 is 2.78 bits per heavy atom. The quantitative estimate of drug-likeness (QED) is 0.605. The van der Waals surface area contributed by atoms with Crippen LogP contribution in [0.25, 0.3) is 11.3 Å². The van der Waals surface area contributed by atoms with Crippen molar-refractivity contribution < 1.29 is 4.42 Å². The lowest BCUT2D eigenvalue weighted by atomic mass is 10.0. The minimum absolute atomic E-state index is 0.0490. The first-order valence-electron chi connectivity index (χ1n) is 8.93. The molecule has 4 nitrogen and oxygen atoms in total. The molecule has 0 radical (unpaired) electrons. The lowest BCUT2D eigenvalue weighted by Gasteiger charge is -2.24. The number of benzene rings is 1. The van der Waals surface area contributed by atoms with E-state index in [0.717, 1.165) is 45.0 Å². The van der Waals surface area contributed by atoms with Crippen molar-refractivity contribution in [3.63, 3.8) is 0 Å². The zero-order valence-corrected chi connectivity index (χ0v) is 16.7. The van der Waals surface area contributed by atoms with Crippen molar-refractivity contribution in [1.29, 1.82) is 0 Å². The molecule has 0 saturated carbocycles. The lowest BCUT2D eigenvalue weighted by Crippen LogP contribution is -2.29. The second kappa shape index (κ2) is 7.33. The van der Waals surface area contributed by atoms with Crippen molar-refractivity contribution in [2.45, 2.75) is 25.9 Å². The summed E-state index contributed by atoms with van der Waals surface area (Å²) in [5.74, 6) is 1.65. The summed E-state index contributed by atoms with van der Waals surface area (Å²) in [7, 11) is 0. The SMILES string of the molecule is CCN1C(=S)N[C@@H](c2ccccn2)[C@@H]1c1ccc(-c2ccc(C)c(Cl)c2)o1. The van der Waals surface area contributed by atoms with E-state index in [1.54, 1.807) is 6.20 Å². The first-order valence-corrected chi connectivity index (χ1v) is 9.71. The van der Waals surface area contributed by atoms with Gasteiger partial charge in [-0.15, -0.1) is 0 Å². The Morgan fingerprint density at radius 1 is 1.22 bits per heavy atom. The van der Waals surface area contributed by atoms with E-state index in [-0.39, 0.29) is 12.1 Å². The second-order valence-electron chi connectivity index (χ2n) is 6.58. The molecule has 0 bridgehead atoms. The van der Waals surface area contributed by atoms with Crippen LogP contribution in [0.5, 0.6) is 0 Å². The van der Waals surface area contributed by atoms with Crippen LogP contribution >= 0.6 is 23.8 Å². The van der Waals surface area contributed by atoms with Gasteiger partial charge >= 0.3 is 0 Å². The van der Waals surface area contributed by atoms with Gasteiger partial charge in [0.2, 0.25) is 0 Å². The van der Waals surface area contributed by atoms with Gasteiger partial charge in [0.1, 0.15) is 17.6 Å². The Hall–Kier alpha value is -2.37. The van der Waals surface area contributed by atoms with Gasteiger partial charge in [-0.1, -0.05) is 29.8 Å². The third kappa shape index (κ3) is 3.33. The van der Waals surface area contributed by atoms with E-state index in [0.29, 0.717) is 0 Å². The summed E-state index contributed by atoms with van der Waals surface area (Å²) in [6.07, 6.45) is 1.80. The number of furan rings is 1. The van der Waals surface area contributed by atoms with Gasteiger partial charge < -0.3 is 14.6 Å². The predicted molar refractivity (Wildman–Crippen MR) is 112 cm³/mol. The molecular formula is C21H20ClN3OS. The third-order valence-electron chi connectivity index (χ3n) is 4.91. The Bertz CT molecular complexity index is 973. The average Bonchev–Trinajstić information content (AvgIpc) is 3.29. The summed E-state index contributed by atoms with van der Waals surface area (Å²) in [4.78, 5) is 6.66.